The van der Waals surface area contributed by atoms with E-state index in [2.05, 4.69) is 24.6 Å². The van der Waals surface area contributed by atoms with E-state index in [1.807, 2.05) is 36.4 Å². The Bertz CT molecular complexity index is 1280. The summed E-state index contributed by atoms with van der Waals surface area (Å²) < 4.78 is 0. The molecule has 3 amide bonds. The molecule has 1 aliphatic heterocycles. The molecule has 3 rings (SSSR count). The Morgan fingerprint density at radius 3 is 1.53 bits per heavy atom. The first-order valence-corrected chi connectivity index (χ1v) is 19.1. The van der Waals surface area contributed by atoms with Gasteiger partial charge in [-0.2, -0.15) is 0 Å². The summed E-state index contributed by atoms with van der Waals surface area (Å²) in [5.41, 5.74) is 6.63. The number of benzene rings is 2. The van der Waals surface area contributed by atoms with Crippen LogP contribution in [0.4, 0.5) is 0 Å². The molecule has 0 aliphatic carbocycles. The number of nitrogens with one attached hydrogen (secondary N) is 2. The van der Waals surface area contributed by atoms with Gasteiger partial charge in [0.2, 0.25) is 0 Å². The number of hydrogen-bond donors (Lipinski definition) is 2. The molecule has 0 aromatic heterocycles. The van der Waals surface area contributed by atoms with Crippen molar-refractivity contribution in [3.8, 4) is 0 Å². The maximum absolute atomic E-state index is 13.2. The number of amides is 3. The van der Waals surface area contributed by atoms with Gasteiger partial charge in [-0.25, -0.2) is 15.5 Å². The Labute approximate surface area is 296 Å². The third kappa shape index (κ3) is 14.5. The molecule has 0 unspecified atom stereocenters. The fraction of sp³-hybridized carbons (Fsp3) is 0.585. The summed E-state index contributed by atoms with van der Waals surface area (Å²) >= 11 is 0. The van der Waals surface area contributed by atoms with Gasteiger partial charge in [0.05, 0.1) is 19.7 Å². The van der Waals surface area contributed by atoms with E-state index in [0.717, 1.165) is 42.5 Å². The van der Waals surface area contributed by atoms with Crippen molar-refractivity contribution < 1.29 is 19.2 Å². The molecular formula is C41H62N4O4. The molecule has 1 fully saturated rings. The van der Waals surface area contributed by atoms with Crippen LogP contribution in [-0.4, -0.2) is 40.8 Å². The molecule has 8 nitrogen and oxygen atoms in total. The number of hydrogen-bond acceptors (Lipinski definition) is 5. The van der Waals surface area contributed by atoms with Gasteiger partial charge in [0, 0.05) is 18.7 Å². The van der Waals surface area contributed by atoms with Crippen LogP contribution in [0.1, 0.15) is 151 Å². The smallest absolute Gasteiger partial charge is 0.278 e. The van der Waals surface area contributed by atoms with Gasteiger partial charge in [0.15, 0.2) is 0 Å². The number of carbonyl (C=O) groups is 3. The minimum absolute atomic E-state index is 0.0899. The van der Waals surface area contributed by atoms with Crippen LogP contribution < -0.4 is 10.8 Å². The number of carbonyl (C=O) groups excluding carboxylic acids is 3. The monoisotopic (exact) mass is 674 g/mol. The van der Waals surface area contributed by atoms with Gasteiger partial charge >= 0.3 is 0 Å². The van der Waals surface area contributed by atoms with E-state index < -0.39 is 0 Å². The predicted molar refractivity (Wildman–Crippen MR) is 198 cm³/mol. The molecule has 0 saturated carbocycles. The third-order valence-corrected chi connectivity index (χ3v) is 9.20. The molecule has 1 saturated heterocycles. The highest BCUT2D eigenvalue weighted by atomic mass is 16.6. The first-order chi connectivity index (χ1) is 24.0. The fourth-order valence-electron chi connectivity index (χ4n) is 6.10. The van der Waals surface area contributed by atoms with Crippen LogP contribution >= 0.6 is 0 Å². The van der Waals surface area contributed by atoms with Gasteiger partial charge in [-0.3, -0.25) is 19.2 Å². The highest BCUT2D eigenvalue weighted by molar-refractivity contribution is 6.22. The topological polar surface area (TPSA) is 91.0 Å². The second kappa shape index (κ2) is 23.8. The Kier molecular flexibility index (Phi) is 19.4. The number of allylic oxidation sites excluding steroid dienone is 1. The minimum Gasteiger partial charge on any atom is -0.352 e. The quantitative estimate of drug-likeness (QED) is 0.0450. The van der Waals surface area contributed by atoms with Crippen LogP contribution in [0.2, 0.25) is 0 Å². The lowest BCUT2D eigenvalue weighted by molar-refractivity contribution is -0.149. The van der Waals surface area contributed by atoms with Crippen LogP contribution in [0.15, 0.2) is 60.2 Å². The standard InChI is InChI=1S/C41H62N4O4/c1-4-7-9-11-13-15-17-19-29-42-39(46)37-27-25-35(26-28-37)32-45-41(48)38(6-3)40(47)44(45)31-34-21-23-36(24-22-34)33-49-43-30-20-18-16-14-12-10-8-5-2/h6,21-28,43H,4-5,7-20,29-33H2,1-3H3,(H,42,46)/b38-6-. The van der Waals surface area contributed by atoms with Gasteiger partial charge in [-0.1, -0.05) is 146 Å². The van der Waals surface area contributed by atoms with Gasteiger partial charge < -0.3 is 5.32 Å². The van der Waals surface area contributed by atoms with Crippen LogP contribution in [0, 0.1) is 0 Å². The predicted octanol–water partition coefficient (Wildman–Crippen LogP) is 8.95. The maximum Gasteiger partial charge on any atom is 0.278 e. The Balaban J connectivity index is 1.42. The zero-order valence-corrected chi connectivity index (χ0v) is 30.6. The summed E-state index contributed by atoms with van der Waals surface area (Å²) in [6.07, 6.45) is 21.7. The number of unbranched alkanes of at least 4 members (excludes halogenated alkanes) is 14. The molecule has 270 valence electrons. The number of nitrogens with zero attached hydrogens (tertiary/aromatic N) is 2. The van der Waals surface area contributed by atoms with Crippen molar-refractivity contribution in [2.24, 2.45) is 0 Å². The zero-order valence-electron chi connectivity index (χ0n) is 30.6. The van der Waals surface area contributed by atoms with E-state index >= 15 is 0 Å². The largest absolute Gasteiger partial charge is 0.352 e. The summed E-state index contributed by atoms with van der Waals surface area (Å²) in [5, 5.41) is 6.04. The Morgan fingerprint density at radius 1 is 0.612 bits per heavy atom. The summed E-state index contributed by atoms with van der Waals surface area (Å²) in [6.45, 7) is 8.68. The Morgan fingerprint density at radius 2 is 1.04 bits per heavy atom. The summed E-state index contributed by atoms with van der Waals surface area (Å²) in [4.78, 5) is 44.8. The van der Waals surface area contributed by atoms with Gasteiger partial charge in [0.1, 0.15) is 5.57 Å². The van der Waals surface area contributed by atoms with Gasteiger partial charge in [-0.05, 0) is 48.6 Å². The first kappa shape index (κ1) is 39.9. The lowest BCUT2D eigenvalue weighted by Gasteiger charge is -2.27. The first-order valence-electron chi connectivity index (χ1n) is 19.1. The summed E-state index contributed by atoms with van der Waals surface area (Å²) in [7, 11) is 0. The number of rotatable bonds is 26. The molecule has 2 aromatic rings. The van der Waals surface area contributed by atoms with E-state index in [0.29, 0.717) is 18.7 Å². The second-order valence-corrected chi connectivity index (χ2v) is 13.3. The lowest BCUT2D eigenvalue weighted by atomic mass is 10.1. The number of hydrazine groups is 1. The Hall–Kier alpha value is -3.49. The average molecular weight is 675 g/mol. The van der Waals surface area contributed by atoms with Crippen molar-refractivity contribution in [3.63, 3.8) is 0 Å². The van der Waals surface area contributed by atoms with Crippen LogP contribution in [-0.2, 0) is 34.1 Å². The lowest BCUT2D eigenvalue weighted by Crippen LogP contribution is -2.39. The second-order valence-electron chi connectivity index (χ2n) is 13.3. The van der Waals surface area contributed by atoms with E-state index in [9.17, 15) is 14.4 Å². The maximum atomic E-state index is 13.2. The molecule has 0 radical (unpaired) electrons. The van der Waals surface area contributed by atoms with E-state index in [1.165, 1.54) is 93.5 Å². The van der Waals surface area contributed by atoms with E-state index in [1.54, 1.807) is 25.1 Å². The molecule has 2 aromatic carbocycles. The molecule has 49 heavy (non-hydrogen) atoms. The van der Waals surface area contributed by atoms with Crippen molar-refractivity contribution in [3.05, 3.63) is 82.4 Å². The molecule has 0 spiro atoms. The molecular weight excluding hydrogens is 612 g/mol. The van der Waals surface area contributed by atoms with Crippen LogP contribution in [0.5, 0.6) is 0 Å². The molecule has 0 atom stereocenters. The SMILES string of the molecule is C/C=C1/C(=O)N(Cc2ccc(CONCCCCCCCCCC)cc2)N(Cc2ccc(C(=O)NCCCCCCCCCC)cc2)C1=O. The molecule has 8 heteroatoms. The van der Waals surface area contributed by atoms with Gasteiger partial charge in [0.25, 0.3) is 17.7 Å². The van der Waals surface area contributed by atoms with E-state index in [-0.39, 0.29) is 36.4 Å². The highest BCUT2D eigenvalue weighted by Crippen LogP contribution is 2.25. The molecule has 1 aliphatic rings. The van der Waals surface area contributed by atoms with Gasteiger partial charge in [-0.15, -0.1) is 0 Å². The summed E-state index contributed by atoms with van der Waals surface area (Å²) in [6, 6.07) is 15.2. The van der Waals surface area contributed by atoms with Crippen LogP contribution in [0.25, 0.3) is 0 Å². The third-order valence-electron chi connectivity index (χ3n) is 9.20. The van der Waals surface area contributed by atoms with E-state index in [4.69, 9.17) is 4.84 Å². The van der Waals surface area contributed by atoms with Crippen LogP contribution in [0.3, 0.4) is 0 Å². The molecule has 0 bridgehead atoms. The summed E-state index contributed by atoms with van der Waals surface area (Å²) in [5.74, 6) is -0.706. The zero-order chi connectivity index (χ0) is 35.1. The number of hydroxylamine groups is 1. The van der Waals surface area contributed by atoms with Crippen molar-refractivity contribution in [2.45, 2.75) is 143 Å². The average Bonchev–Trinajstić information content (AvgIpc) is 3.33. The highest BCUT2D eigenvalue weighted by Gasteiger charge is 2.40. The molecule has 2 N–H and O–H groups in total. The van der Waals surface area contributed by atoms with Crippen molar-refractivity contribution >= 4 is 17.7 Å². The van der Waals surface area contributed by atoms with Crippen molar-refractivity contribution in [2.75, 3.05) is 13.1 Å². The van der Waals surface area contributed by atoms with Crippen molar-refractivity contribution in [1.82, 2.24) is 20.8 Å². The fourth-order valence-corrected chi connectivity index (χ4v) is 6.10. The minimum atomic E-state index is -0.313. The molecule has 1 heterocycles. The normalized spacial score (nSPS) is 14.0. The van der Waals surface area contributed by atoms with Crippen molar-refractivity contribution in [1.29, 1.82) is 0 Å².